The molecule has 0 atom stereocenters. The second-order valence-electron chi connectivity index (χ2n) is 5.21. The maximum atomic E-state index is 12.7. The van der Waals surface area contributed by atoms with Crippen LogP contribution in [0, 0.1) is 0 Å². The van der Waals surface area contributed by atoms with Crippen molar-refractivity contribution >= 4 is 45.5 Å². The van der Waals surface area contributed by atoms with Gasteiger partial charge in [-0.15, -0.1) is 0 Å². The van der Waals surface area contributed by atoms with Crippen LogP contribution in [0.3, 0.4) is 0 Å². The third-order valence-electron chi connectivity index (χ3n) is 3.60. The number of amides is 4. The SMILES string of the molecule is COc1cc(/C=C2\C(=O)NC(=O)N(c3cccnc3)C2=O)c(Br)cc1O. The first-order valence-electron chi connectivity index (χ1n) is 7.30. The Morgan fingerprint density at radius 3 is 2.73 bits per heavy atom. The van der Waals surface area contributed by atoms with Gasteiger partial charge in [0.25, 0.3) is 11.8 Å². The van der Waals surface area contributed by atoms with Crippen LogP contribution < -0.4 is 15.0 Å². The van der Waals surface area contributed by atoms with Crippen molar-refractivity contribution in [3.63, 3.8) is 0 Å². The van der Waals surface area contributed by atoms with Crippen LogP contribution in [0.15, 0.2) is 46.7 Å². The number of phenolic OH excluding ortho intramolecular Hbond substituents is 1. The zero-order valence-corrected chi connectivity index (χ0v) is 15.0. The van der Waals surface area contributed by atoms with Crippen LogP contribution in [-0.4, -0.2) is 35.0 Å². The van der Waals surface area contributed by atoms with Crippen molar-refractivity contribution in [3.05, 3.63) is 52.3 Å². The molecule has 9 heteroatoms. The number of methoxy groups -OCH3 is 1. The number of pyridine rings is 1. The van der Waals surface area contributed by atoms with Crippen LogP contribution in [0.5, 0.6) is 11.5 Å². The second-order valence-corrected chi connectivity index (χ2v) is 6.07. The van der Waals surface area contributed by atoms with E-state index in [0.717, 1.165) is 4.90 Å². The highest BCUT2D eigenvalue weighted by molar-refractivity contribution is 9.10. The van der Waals surface area contributed by atoms with Gasteiger partial charge < -0.3 is 9.84 Å². The molecule has 0 aliphatic carbocycles. The van der Waals surface area contributed by atoms with Gasteiger partial charge in [-0.25, -0.2) is 9.69 Å². The molecule has 1 aliphatic rings. The Bertz CT molecular complexity index is 943. The summed E-state index contributed by atoms with van der Waals surface area (Å²) < 4.78 is 5.47. The Morgan fingerprint density at radius 1 is 1.31 bits per heavy atom. The highest BCUT2D eigenvalue weighted by Gasteiger charge is 2.37. The average Bonchev–Trinajstić information content (AvgIpc) is 2.61. The lowest BCUT2D eigenvalue weighted by Gasteiger charge is -2.26. The molecule has 26 heavy (non-hydrogen) atoms. The van der Waals surface area contributed by atoms with E-state index in [9.17, 15) is 19.5 Å². The van der Waals surface area contributed by atoms with Gasteiger partial charge in [0.15, 0.2) is 11.5 Å². The summed E-state index contributed by atoms with van der Waals surface area (Å²) in [6, 6.07) is 5.07. The topological polar surface area (TPSA) is 109 Å². The quantitative estimate of drug-likeness (QED) is 0.585. The molecule has 8 nitrogen and oxygen atoms in total. The first-order valence-corrected chi connectivity index (χ1v) is 8.09. The van der Waals surface area contributed by atoms with Gasteiger partial charge in [-0.1, -0.05) is 15.9 Å². The van der Waals surface area contributed by atoms with Crippen LogP contribution >= 0.6 is 15.9 Å². The minimum absolute atomic E-state index is 0.104. The number of nitrogens with zero attached hydrogens (tertiary/aromatic N) is 2. The highest BCUT2D eigenvalue weighted by Crippen LogP contribution is 2.34. The molecule has 0 saturated carbocycles. The van der Waals surface area contributed by atoms with Gasteiger partial charge in [-0.2, -0.15) is 0 Å². The number of aromatic hydroxyl groups is 1. The number of ether oxygens (including phenoxy) is 1. The van der Waals surface area contributed by atoms with Crippen LogP contribution in [-0.2, 0) is 9.59 Å². The number of rotatable bonds is 3. The minimum atomic E-state index is -0.854. The van der Waals surface area contributed by atoms with Crippen LogP contribution in [0.2, 0.25) is 0 Å². The zero-order chi connectivity index (χ0) is 18.8. The smallest absolute Gasteiger partial charge is 0.336 e. The largest absolute Gasteiger partial charge is 0.504 e. The van der Waals surface area contributed by atoms with E-state index in [0.29, 0.717) is 10.0 Å². The standard InChI is InChI=1S/C17H12BrN3O5/c1-26-14-6-9(12(18)7-13(14)22)5-11-15(23)20-17(25)21(16(11)24)10-3-2-4-19-8-10/h2-8,22H,1H3,(H,20,23,25)/b11-5+. The summed E-state index contributed by atoms with van der Waals surface area (Å²) in [6.07, 6.45) is 4.14. The van der Waals surface area contributed by atoms with E-state index in [1.54, 1.807) is 6.07 Å². The van der Waals surface area contributed by atoms with Gasteiger partial charge in [-0.3, -0.25) is 19.9 Å². The molecule has 0 bridgehead atoms. The number of urea groups is 1. The molecule has 4 amide bonds. The molecule has 1 fully saturated rings. The summed E-state index contributed by atoms with van der Waals surface area (Å²) in [7, 11) is 1.38. The van der Waals surface area contributed by atoms with Gasteiger partial charge in [-0.05, 0) is 35.9 Å². The number of phenols is 1. The number of hydrogen-bond acceptors (Lipinski definition) is 6. The third kappa shape index (κ3) is 3.16. The number of carbonyl (C=O) groups is 3. The lowest BCUT2D eigenvalue weighted by Crippen LogP contribution is -2.54. The lowest BCUT2D eigenvalue weighted by molar-refractivity contribution is -0.122. The summed E-state index contributed by atoms with van der Waals surface area (Å²) in [6.45, 7) is 0. The molecule has 0 radical (unpaired) electrons. The summed E-state index contributed by atoms with van der Waals surface area (Å²) in [4.78, 5) is 41.7. The number of imide groups is 2. The Balaban J connectivity index is 2.06. The molecule has 132 valence electrons. The number of aromatic nitrogens is 1. The van der Waals surface area contributed by atoms with Crippen LogP contribution in [0.25, 0.3) is 6.08 Å². The van der Waals surface area contributed by atoms with Crippen LogP contribution in [0.4, 0.5) is 10.5 Å². The third-order valence-corrected chi connectivity index (χ3v) is 4.29. The zero-order valence-electron chi connectivity index (χ0n) is 13.4. The van der Waals surface area contributed by atoms with Crippen molar-refractivity contribution in [2.24, 2.45) is 0 Å². The van der Waals surface area contributed by atoms with Crippen molar-refractivity contribution in [2.75, 3.05) is 12.0 Å². The molecule has 2 N–H and O–H groups in total. The Hall–Kier alpha value is -3.20. The van der Waals surface area contributed by atoms with Crippen molar-refractivity contribution in [2.45, 2.75) is 0 Å². The van der Waals surface area contributed by atoms with Gasteiger partial charge in [0, 0.05) is 10.7 Å². The van der Waals surface area contributed by atoms with Crippen molar-refractivity contribution in [3.8, 4) is 11.5 Å². The monoisotopic (exact) mass is 417 g/mol. The maximum Gasteiger partial charge on any atom is 0.336 e. The second kappa shape index (κ2) is 6.96. The number of barbiturate groups is 1. The number of carbonyl (C=O) groups excluding carboxylic acids is 3. The Morgan fingerprint density at radius 2 is 2.08 bits per heavy atom. The Kier molecular flexibility index (Phi) is 4.72. The van der Waals surface area contributed by atoms with E-state index in [2.05, 4.69) is 26.2 Å². The minimum Gasteiger partial charge on any atom is -0.504 e. The van der Waals surface area contributed by atoms with Gasteiger partial charge >= 0.3 is 6.03 Å². The summed E-state index contributed by atoms with van der Waals surface area (Å²) in [5, 5.41) is 11.9. The van der Waals surface area contributed by atoms with E-state index < -0.39 is 17.8 Å². The number of nitrogens with one attached hydrogen (secondary N) is 1. The molecule has 1 aromatic carbocycles. The average molecular weight is 418 g/mol. The summed E-state index contributed by atoms with van der Waals surface area (Å²) in [5.41, 5.74) is 0.399. The number of benzene rings is 1. The molecule has 0 spiro atoms. The van der Waals surface area contributed by atoms with Gasteiger partial charge in [0.1, 0.15) is 5.57 Å². The van der Waals surface area contributed by atoms with E-state index in [1.165, 1.54) is 43.8 Å². The fraction of sp³-hybridized carbons (Fsp3) is 0.0588. The normalized spacial score (nSPS) is 16.0. The summed E-state index contributed by atoms with van der Waals surface area (Å²) >= 11 is 3.26. The predicted octanol–water partition coefficient (Wildman–Crippen LogP) is 2.22. The number of anilines is 1. The Labute approximate surface area is 156 Å². The first kappa shape index (κ1) is 17.6. The van der Waals surface area contributed by atoms with Crippen molar-refractivity contribution < 1.29 is 24.2 Å². The van der Waals surface area contributed by atoms with E-state index in [4.69, 9.17) is 4.74 Å². The van der Waals surface area contributed by atoms with E-state index in [-0.39, 0.29) is 22.8 Å². The van der Waals surface area contributed by atoms with Crippen molar-refractivity contribution in [1.82, 2.24) is 10.3 Å². The molecule has 3 rings (SSSR count). The van der Waals surface area contributed by atoms with Crippen LogP contribution in [0.1, 0.15) is 5.56 Å². The fourth-order valence-corrected chi connectivity index (χ4v) is 2.81. The van der Waals surface area contributed by atoms with Gasteiger partial charge in [0.2, 0.25) is 0 Å². The lowest BCUT2D eigenvalue weighted by atomic mass is 10.1. The number of halogens is 1. The fourth-order valence-electron chi connectivity index (χ4n) is 2.37. The highest BCUT2D eigenvalue weighted by atomic mass is 79.9. The van der Waals surface area contributed by atoms with Gasteiger partial charge in [0.05, 0.1) is 19.0 Å². The number of hydrogen-bond donors (Lipinski definition) is 2. The molecular formula is C17H12BrN3O5. The molecule has 1 aliphatic heterocycles. The molecule has 1 saturated heterocycles. The molecule has 0 unspecified atom stereocenters. The molecule has 2 aromatic rings. The van der Waals surface area contributed by atoms with Crippen molar-refractivity contribution in [1.29, 1.82) is 0 Å². The molecular weight excluding hydrogens is 406 g/mol. The first-order chi connectivity index (χ1) is 12.4. The van der Waals surface area contributed by atoms with E-state index in [1.807, 2.05) is 0 Å². The summed E-state index contributed by atoms with van der Waals surface area (Å²) in [5.74, 6) is -1.54. The predicted molar refractivity (Wildman–Crippen MR) is 95.6 cm³/mol. The molecule has 2 heterocycles. The molecule has 1 aromatic heterocycles. The van der Waals surface area contributed by atoms with E-state index >= 15 is 0 Å². The maximum absolute atomic E-state index is 12.7.